The number of carboxylic acids is 1. The number of carbonyl (C=O) groups is 4. The summed E-state index contributed by atoms with van der Waals surface area (Å²) in [5, 5.41) is 14.7. The molecule has 0 spiro atoms. The number of hydrogen-bond donors (Lipinski definition) is 2. The molecule has 3 aliphatic heterocycles. The molecule has 2 N–H and O–H groups in total. The monoisotopic (exact) mass is 1000 g/mol. The Bertz CT molecular complexity index is 2760. The van der Waals surface area contributed by atoms with Crippen molar-refractivity contribution in [2.75, 3.05) is 33.4 Å². The number of aliphatic carboxylic acids is 1. The van der Waals surface area contributed by atoms with E-state index in [0.29, 0.717) is 78.6 Å². The van der Waals surface area contributed by atoms with Gasteiger partial charge < -0.3 is 9.84 Å². The number of allylic oxidation sites excluding steroid dienone is 3. The van der Waals surface area contributed by atoms with E-state index in [1.54, 1.807) is 41.0 Å². The Kier molecular flexibility index (Phi) is 21.0. The van der Waals surface area contributed by atoms with E-state index in [1.165, 1.54) is 31.4 Å². The van der Waals surface area contributed by atoms with E-state index in [0.717, 1.165) is 74.3 Å². The van der Waals surface area contributed by atoms with Crippen LogP contribution >= 0.6 is 11.6 Å². The number of halogens is 2. The van der Waals surface area contributed by atoms with Gasteiger partial charge in [-0.25, -0.2) is 13.8 Å². The first-order chi connectivity index (χ1) is 34.4. The van der Waals surface area contributed by atoms with Gasteiger partial charge in [0.1, 0.15) is 24.2 Å². The molecule has 14 heteroatoms. The van der Waals surface area contributed by atoms with Gasteiger partial charge in [-0.15, -0.1) is 0 Å². The Morgan fingerprint density at radius 3 is 2.29 bits per heavy atom. The van der Waals surface area contributed by atoms with Gasteiger partial charge in [-0.3, -0.25) is 0 Å². The zero-order valence-electron chi connectivity index (χ0n) is 44.0. The number of hydrogen-bond acceptors (Lipinski definition) is 6. The van der Waals surface area contributed by atoms with Crippen molar-refractivity contribution >= 4 is 76.0 Å². The predicted molar refractivity (Wildman–Crippen MR) is 290 cm³/mol. The third-order valence-electron chi connectivity index (χ3n) is 13.9. The van der Waals surface area contributed by atoms with E-state index < -0.39 is 12.0 Å². The van der Waals surface area contributed by atoms with Crippen molar-refractivity contribution in [1.29, 1.82) is 0 Å². The molecule has 0 aliphatic carbocycles. The van der Waals surface area contributed by atoms with Crippen molar-refractivity contribution < 1.29 is 42.7 Å². The zero-order valence-corrected chi connectivity index (χ0v) is 44.7. The average molecular weight is 1000 g/mol. The van der Waals surface area contributed by atoms with Crippen LogP contribution in [0.1, 0.15) is 146 Å². The third-order valence-corrected chi connectivity index (χ3v) is 14.2. The molecular weight excluding hydrogens is 930 g/mol. The summed E-state index contributed by atoms with van der Waals surface area (Å²) in [5.41, 5.74) is 8.95. The number of rotatable bonds is 19. The van der Waals surface area contributed by atoms with Crippen LogP contribution in [-0.4, -0.2) is 101 Å². The van der Waals surface area contributed by atoms with Crippen LogP contribution in [0.3, 0.4) is 0 Å². The van der Waals surface area contributed by atoms with Gasteiger partial charge in [0.05, 0.1) is 6.61 Å². The number of amides is 3. The molecule has 0 saturated carbocycles. The summed E-state index contributed by atoms with van der Waals surface area (Å²) in [6.45, 7) is 20.6. The third kappa shape index (κ3) is 13.7. The Morgan fingerprint density at radius 2 is 1.67 bits per heavy atom. The van der Waals surface area contributed by atoms with Crippen LogP contribution in [0.4, 0.5) is 4.39 Å². The van der Waals surface area contributed by atoms with Crippen molar-refractivity contribution in [3.05, 3.63) is 117 Å². The van der Waals surface area contributed by atoms with E-state index >= 15 is 0 Å². The second kappa shape index (κ2) is 26.6. The van der Waals surface area contributed by atoms with E-state index in [1.807, 2.05) is 58.2 Å². The molecule has 11 nitrogen and oxygen atoms in total. The van der Waals surface area contributed by atoms with E-state index in [2.05, 4.69) is 44.5 Å². The van der Waals surface area contributed by atoms with Crippen LogP contribution in [0, 0.1) is 18.7 Å². The summed E-state index contributed by atoms with van der Waals surface area (Å²) in [4.78, 5) is 53.0. The molecule has 2 atom stereocenters. The minimum absolute atomic E-state index is 0.0647. The summed E-state index contributed by atoms with van der Waals surface area (Å²) in [7, 11) is 7.71. The van der Waals surface area contributed by atoms with Crippen molar-refractivity contribution in [2.24, 2.45) is 5.92 Å². The van der Waals surface area contributed by atoms with Crippen LogP contribution in [-0.2, 0) is 20.9 Å². The van der Waals surface area contributed by atoms with Gasteiger partial charge in [-0.1, -0.05) is 83.7 Å². The molecule has 3 amide bonds. The fourth-order valence-corrected chi connectivity index (χ4v) is 9.77. The van der Waals surface area contributed by atoms with Gasteiger partial charge in [0.2, 0.25) is 0 Å². The summed E-state index contributed by atoms with van der Waals surface area (Å²) < 4.78 is 27.6. The molecule has 383 valence electrons. The molecule has 1 saturated heterocycles. The topological polar surface area (TPSA) is 128 Å². The first-order valence-electron chi connectivity index (χ1n) is 25.5. The summed E-state index contributed by atoms with van der Waals surface area (Å²) >= 11 is 6.64. The Labute approximate surface area is 432 Å². The molecule has 0 bridgehead atoms. The molecule has 0 aromatic heterocycles. The molecule has 72 heavy (non-hydrogen) atoms. The SMILES string of the molecule is CC1=C(c2c(Cl)ccc(/C(CCCOc3cccc4cc(F)ccc34)=C(\C)C(=O)O)c2C)C(C)=[N+]1C.CCCC(C)CC.[B]=C1CCC(N2Cc3c(OCC(=O)N(CCC)CCC)cccc3C2=O)C(=O)N1. The normalized spacial score (nSPS) is 15.9. The number of piperidine rings is 1. The van der Waals surface area contributed by atoms with Crippen molar-refractivity contribution in [3.8, 4) is 11.5 Å². The van der Waals surface area contributed by atoms with Crippen LogP contribution in [0.5, 0.6) is 11.5 Å². The number of nitrogens with one attached hydrogen (secondary N) is 1. The van der Waals surface area contributed by atoms with Gasteiger partial charge in [0.25, 0.3) is 0 Å². The van der Waals surface area contributed by atoms with E-state index in [-0.39, 0.29) is 36.7 Å². The van der Waals surface area contributed by atoms with Crippen molar-refractivity contribution in [3.63, 3.8) is 0 Å². The number of nitrogens with zero attached hydrogens (tertiary/aromatic N) is 3. The quantitative estimate of drug-likeness (QED) is 0.0414. The molecule has 3 aliphatic rings. The fourth-order valence-electron chi connectivity index (χ4n) is 9.47. The summed E-state index contributed by atoms with van der Waals surface area (Å²) in [5.74, 6) is 0.388. The standard InChI is InChI=1S/C30H29ClFNO3.C21H27BN3O4.C7H16/c1-17-24(13-14-26(31)28(17)29-19(3)33(5)20(29)4)23(18(2)30(34)35)9-7-15-36-27-10-6-8-21-16-22(32)11-12-25(21)27;1-3-10-24(11-4-2)19(26)13-29-17-7-5-6-14-15(17)12-25(21(14)28)16-8-9-18(22)23-20(16)27;1-4-6-7(3)5-2/h6,8,10-14,16H,7,9,15H2,1-5H3;5-7,16H,3-4,8-13H2,1-2H3,(H,23,27);7H,4-6H2,1-3H3/p+1/b23-18+;;. The molecule has 7 rings (SSSR count). The Morgan fingerprint density at radius 1 is 0.972 bits per heavy atom. The second-order valence-corrected chi connectivity index (χ2v) is 19.3. The number of carboxylic acid groups (broad SMARTS) is 1. The first-order valence-corrected chi connectivity index (χ1v) is 25.8. The maximum absolute atomic E-state index is 13.6. The van der Waals surface area contributed by atoms with Gasteiger partial charge in [0.15, 0.2) is 11.4 Å². The molecule has 1 radical (unpaired) electrons. The first kappa shape index (κ1) is 56.8. The Balaban J connectivity index is 0.000000240. The number of fused-ring (bicyclic) bond motifs is 2. The van der Waals surface area contributed by atoms with Crippen LogP contribution in [0.15, 0.2) is 78.0 Å². The predicted octanol–water partition coefficient (Wildman–Crippen LogP) is 11.6. The number of ether oxygens (including phenoxy) is 2. The number of benzene rings is 4. The Hall–Kier alpha value is -6.08. The molecule has 1 fully saturated rings. The molecule has 4 aromatic rings. The number of carbonyl (C=O) groups excluding carboxylic acids is 3. The molecular formula is C58H73BClFN4O7+. The molecule has 2 unspecified atom stereocenters. The second-order valence-electron chi connectivity index (χ2n) is 18.9. The van der Waals surface area contributed by atoms with Crippen molar-refractivity contribution in [1.82, 2.24) is 15.1 Å². The van der Waals surface area contributed by atoms with Gasteiger partial charge >= 0.3 is 138 Å². The zero-order chi connectivity index (χ0) is 52.8. The van der Waals surface area contributed by atoms with Gasteiger partial charge in [0, 0.05) is 48.5 Å². The summed E-state index contributed by atoms with van der Waals surface area (Å²) in [6, 6.07) is 18.6. The maximum atomic E-state index is 13.6. The molecule has 3 heterocycles. The minimum atomic E-state index is -0.945. The van der Waals surface area contributed by atoms with E-state index in [4.69, 9.17) is 28.6 Å². The van der Waals surface area contributed by atoms with Crippen LogP contribution < -0.4 is 14.8 Å². The van der Waals surface area contributed by atoms with E-state index in [9.17, 15) is 28.7 Å². The van der Waals surface area contributed by atoms with Gasteiger partial charge in [-0.05, 0) is 97.9 Å². The van der Waals surface area contributed by atoms with Gasteiger partial charge in [-0.2, -0.15) is 0 Å². The van der Waals surface area contributed by atoms with Crippen LogP contribution in [0.25, 0.3) is 21.9 Å². The summed E-state index contributed by atoms with van der Waals surface area (Å²) in [6.07, 6.45) is 8.04. The average Bonchev–Trinajstić information content (AvgIpc) is 3.70. The fraction of sp³-hybridized carbons (Fsp3) is 0.448. The van der Waals surface area contributed by atoms with Crippen LogP contribution in [0.2, 0.25) is 5.02 Å². The molecule has 4 aromatic carbocycles. The van der Waals surface area contributed by atoms with Crippen molar-refractivity contribution in [2.45, 2.75) is 133 Å².